The van der Waals surface area contributed by atoms with E-state index in [1.54, 1.807) is 6.07 Å². The first-order valence-electron chi connectivity index (χ1n) is 13.6. The second-order valence-electron chi connectivity index (χ2n) is 11.0. The fourth-order valence-corrected chi connectivity index (χ4v) is 6.37. The predicted octanol–water partition coefficient (Wildman–Crippen LogP) is 6.11. The summed E-state index contributed by atoms with van der Waals surface area (Å²) in [6.07, 6.45) is 6.42. The van der Waals surface area contributed by atoms with Crippen molar-refractivity contribution < 1.29 is 18.7 Å². The number of benzene rings is 1. The molecule has 5 rings (SSSR count). The summed E-state index contributed by atoms with van der Waals surface area (Å²) in [5, 5.41) is 12.4. The van der Waals surface area contributed by atoms with Crippen molar-refractivity contribution in [2.24, 2.45) is 5.41 Å². The summed E-state index contributed by atoms with van der Waals surface area (Å²) in [6, 6.07) is 9.39. The van der Waals surface area contributed by atoms with Crippen molar-refractivity contribution >= 4 is 52.6 Å². The fraction of sp³-hybridized carbons (Fsp3) is 0.571. The van der Waals surface area contributed by atoms with Crippen LogP contribution in [0.5, 0.6) is 0 Å². The normalized spacial score (nSPS) is 20.5. The van der Waals surface area contributed by atoms with Gasteiger partial charge in [0.15, 0.2) is 0 Å². The maximum Gasteiger partial charge on any atom is 0.258 e. The molecular weight excluding hydrogens is 540 g/mol. The molecule has 3 aliphatic rings. The van der Waals surface area contributed by atoms with Gasteiger partial charge >= 0.3 is 0 Å². The molecule has 1 atom stereocenters. The van der Waals surface area contributed by atoms with Crippen LogP contribution < -0.4 is 19.8 Å². The Kier molecular flexibility index (Phi) is 8.49. The van der Waals surface area contributed by atoms with Gasteiger partial charge in [0.25, 0.3) is 11.8 Å². The quantitative estimate of drug-likeness (QED) is 0.243. The second kappa shape index (κ2) is 11.7. The third-order valence-electron chi connectivity index (χ3n) is 8.09. The number of aliphatic hydroxyl groups is 1. The van der Waals surface area contributed by atoms with Crippen LogP contribution in [0.3, 0.4) is 0 Å². The van der Waals surface area contributed by atoms with Crippen molar-refractivity contribution in [3.05, 3.63) is 35.9 Å². The van der Waals surface area contributed by atoms with E-state index in [2.05, 4.69) is 14.9 Å². The molecule has 3 fully saturated rings. The third-order valence-corrected chi connectivity index (χ3v) is 9.76. The highest BCUT2D eigenvalue weighted by Crippen LogP contribution is 2.54. The molecule has 1 amide bonds. The minimum atomic E-state index is -2.64. The lowest BCUT2D eigenvalue weighted by Crippen LogP contribution is -2.40. The fourth-order valence-electron chi connectivity index (χ4n) is 5.27. The third kappa shape index (κ3) is 6.74. The molecule has 39 heavy (non-hydrogen) atoms. The Morgan fingerprint density at radius 2 is 1.74 bits per heavy atom. The number of amides is 1. The van der Waals surface area contributed by atoms with Crippen LogP contribution in [-0.2, 0) is 0 Å². The molecule has 1 aromatic carbocycles. The number of hydrogen-bond donors (Lipinski definition) is 3. The molecule has 0 unspecified atom stereocenters. The molecule has 1 aromatic heterocycles. The molecule has 0 bridgehead atoms. The maximum atomic E-state index is 13.8. The summed E-state index contributed by atoms with van der Waals surface area (Å²) in [6.45, 7) is 4.30. The van der Waals surface area contributed by atoms with Crippen molar-refractivity contribution in [2.45, 2.75) is 61.5 Å². The lowest BCUT2D eigenvalue weighted by atomic mass is 9.93. The first-order valence-corrected chi connectivity index (χ1v) is 15.7. The van der Waals surface area contributed by atoms with Crippen molar-refractivity contribution in [3.63, 3.8) is 0 Å². The van der Waals surface area contributed by atoms with E-state index in [4.69, 9.17) is 4.98 Å². The van der Waals surface area contributed by atoms with E-state index in [-0.39, 0.29) is 43.7 Å². The van der Waals surface area contributed by atoms with Crippen LogP contribution in [0.15, 0.2) is 35.2 Å². The lowest BCUT2D eigenvalue weighted by molar-refractivity contribution is -0.0222. The van der Waals surface area contributed by atoms with E-state index in [0.717, 1.165) is 42.2 Å². The van der Waals surface area contributed by atoms with Gasteiger partial charge in [-0.25, -0.2) is 13.8 Å². The predicted molar refractivity (Wildman–Crippen MR) is 158 cm³/mol. The molecule has 1 saturated carbocycles. The Balaban J connectivity index is 1.36. The number of alkyl halides is 2. The number of aliphatic hydroxyl groups excluding tert-OH is 1. The second-order valence-corrected chi connectivity index (χ2v) is 13.0. The van der Waals surface area contributed by atoms with Gasteiger partial charge in [-0.1, -0.05) is 0 Å². The van der Waals surface area contributed by atoms with Gasteiger partial charge in [0.2, 0.25) is 0 Å². The average molecular weight is 578 g/mol. The Bertz CT molecular complexity index is 1180. The molecule has 2 aromatic rings. The first-order chi connectivity index (χ1) is 18.7. The standard InChI is InChI=1S/C28H37F2N5O2S2/c1-19(18-36)39-33-20-3-4-21(22(17-20)34-13-9-27(7-8-27)10-14-34)26(37)32-24-6-5-23(38-2)25(31-24)35-15-11-28(29,30)12-16-35/h3-6,17,19,33,36H,7-16,18H2,1-2H3,(H,31,32,37)/t19-/m1/s1. The number of carbonyl (C=O) groups is 1. The van der Waals surface area contributed by atoms with Crippen molar-refractivity contribution in [2.75, 3.05) is 58.9 Å². The van der Waals surface area contributed by atoms with E-state index in [1.165, 1.54) is 36.6 Å². The van der Waals surface area contributed by atoms with Crippen LogP contribution in [-0.4, -0.2) is 66.2 Å². The van der Waals surface area contributed by atoms with Gasteiger partial charge in [-0.15, -0.1) is 11.8 Å². The molecule has 3 heterocycles. The summed E-state index contributed by atoms with van der Waals surface area (Å²) in [5.41, 5.74) is 2.84. The Labute approximate surface area is 237 Å². The number of anilines is 4. The van der Waals surface area contributed by atoms with Gasteiger partial charge in [-0.05, 0) is 86.6 Å². The molecule has 11 heteroatoms. The van der Waals surface area contributed by atoms with Crippen LogP contribution in [0.25, 0.3) is 0 Å². The minimum absolute atomic E-state index is 0.0387. The smallest absolute Gasteiger partial charge is 0.258 e. The van der Waals surface area contributed by atoms with Gasteiger partial charge in [-0.3, -0.25) is 4.79 Å². The van der Waals surface area contributed by atoms with Crippen molar-refractivity contribution in [3.8, 4) is 0 Å². The number of nitrogens with one attached hydrogen (secondary N) is 2. The monoisotopic (exact) mass is 577 g/mol. The zero-order valence-electron chi connectivity index (χ0n) is 22.5. The van der Waals surface area contributed by atoms with E-state index >= 15 is 0 Å². The molecule has 2 saturated heterocycles. The van der Waals surface area contributed by atoms with E-state index in [0.29, 0.717) is 22.6 Å². The van der Waals surface area contributed by atoms with Crippen LogP contribution in [0.2, 0.25) is 0 Å². The average Bonchev–Trinajstić information content (AvgIpc) is 3.70. The van der Waals surface area contributed by atoms with E-state index in [1.807, 2.05) is 42.3 Å². The zero-order chi connectivity index (χ0) is 27.6. The van der Waals surface area contributed by atoms with Crippen molar-refractivity contribution in [1.29, 1.82) is 0 Å². The van der Waals surface area contributed by atoms with Crippen LogP contribution >= 0.6 is 23.7 Å². The van der Waals surface area contributed by atoms with Gasteiger partial charge in [0.05, 0.1) is 17.9 Å². The largest absolute Gasteiger partial charge is 0.395 e. The summed E-state index contributed by atoms with van der Waals surface area (Å²) in [7, 11) is 0. The van der Waals surface area contributed by atoms with Gasteiger partial charge < -0.3 is 24.9 Å². The highest BCUT2D eigenvalue weighted by molar-refractivity contribution is 8.01. The number of rotatable bonds is 9. The Morgan fingerprint density at radius 3 is 2.38 bits per heavy atom. The number of carbonyl (C=O) groups excluding carboxylic acids is 1. The molecule has 3 N–H and O–H groups in total. The van der Waals surface area contributed by atoms with E-state index in [9.17, 15) is 18.7 Å². The van der Waals surface area contributed by atoms with Crippen LogP contribution in [0.1, 0.15) is 55.8 Å². The SMILES string of the molecule is CSc1ccc(NC(=O)c2ccc(NS[C@H](C)CO)cc2N2CCC3(CC2)CC3)nc1N1CCC(F)(F)CC1. The van der Waals surface area contributed by atoms with E-state index < -0.39 is 5.92 Å². The molecule has 2 aliphatic heterocycles. The van der Waals surface area contributed by atoms with Gasteiger partial charge in [-0.2, -0.15) is 0 Å². The number of nitrogens with zero attached hydrogens (tertiary/aromatic N) is 3. The summed E-state index contributed by atoms with van der Waals surface area (Å²) < 4.78 is 30.8. The number of thioether (sulfide) groups is 1. The molecule has 1 aliphatic carbocycles. The van der Waals surface area contributed by atoms with Gasteiger partial charge in [0.1, 0.15) is 11.6 Å². The number of aromatic nitrogens is 1. The number of piperidine rings is 2. The molecule has 7 nitrogen and oxygen atoms in total. The summed E-state index contributed by atoms with van der Waals surface area (Å²) in [4.78, 5) is 23.4. The van der Waals surface area contributed by atoms with Crippen LogP contribution in [0, 0.1) is 5.41 Å². The number of pyridine rings is 1. The molecular formula is C28H37F2N5O2S2. The van der Waals surface area contributed by atoms with Crippen molar-refractivity contribution in [1.82, 2.24) is 4.98 Å². The summed E-state index contributed by atoms with van der Waals surface area (Å²) >= 11 is 2.96. The zero-order valence-corrected chi connectivity index (χ0v) is 24.1. The molecule has 1 spiro atoms. The lowest BCUT2D eigenvalue weighted by Gasteiger charge is -2.35. The highest BCUT2D eigenvalue weighted by atomic mass is 32.2. The van der Waals surface area contributed by atoms with Gasteiger partial charge in [0, 0.05) is 54.9 Å². The topological polar surface area (TPSA) is 80.7 Å². The van der Waals surface area contributed by atoms with Crippen LogP contribution in [0.4, 0.5) is 31.8 Å². The molecule has 0 radical (unpaired) electrons. The Morgan fingerprint density at radius 1 is 1.05 bits per heavy atom. The minimum Gasteiger partial charge on any atom is -0.395 e. The number of hydrogen-bond acceptors (Lipinski definition) is 8. The molecule has 212 valence electrons. The summed E-state index contributed by atoms with van der Waals surface area (Å²) in [5.74, 6) is -1.85. The Hall–Kier alpha value is -2.24. The first kappa shape index (κ1) is 28.3. The maximum absolute atomic E-state index is 13.8. The highest BCUT2D eigenvalue weighted by Gasteiger charge is 2.44. The number of halogens is 2.